The van der Waals surface area contributed by atoms with E-state index >= 15 is 0 Å². The lowest BCUT2D eigenvalue weighted by Crippen LogP contribution is -2.48. The second kappa shape index (κ2) is 10.3. The fraction of sp³-hybridized carbons (Fsp3) is 0.556. The SMILES string of the molecule is CC(C)(CO)c1ccc2nc(CCC3CC(N(O)CC4OC(n5cnc6c(N)ncnc65)C(O)C4O)C3)[nH]c2c1. The number of aryl methyl sites for hydroxylation is 1. The number of nitrogens with zero attached hydrogens (tertiary/aromatic N) is 6. The lowest BCUT2D eigenvalue weighted by molar-refractivity contribution is -0.185. The lowest BCUT2D eigenvalue weighted by Gasteiger charge is -2.40. The first-order valence-electron chi connectivity index (χ1n) is 13.6. The van der Waals surface area contributed by atoms with Crippen LogP contribution in [0.3, 0.4) is 0 Å². The van der Waals surface area contributed by atoms with Crippen molar-refractivity contribution < 1.29 is 25.3 Å². The summed E-state index contributed by atoms with van der Waals surface area (Å²) in [6, 6.07) is 6.02. The molecular formula is C27H36N8O5. The third kappa shape index (κ3) is 4.82. The number of nitrogens with two attached hydrogens (primary N) is 1. The van der Waals surface area contributed by atoms with E-state index in [-0.39, 0.29) is 30.4 Å². The molecule has 1 aromatic carbocycles. The number of hydrogen-bond acceptors (Lipinski definition) is 11. The number of anilines is 1. The summed E-state index contributed by atoms with van der Waals surface area (Å²) in [5.41, 5.74) is 9.27. The van der Waals surface area contributed by atoms with E-state index in [0.717, 1.165) is 48.1 Å². The Morgan fingerprint density at radius 1 is 1.18 bits per heavy atom. The molecule has 1 aliphatic carbocycles. The van der Waals surface area contributed by atoms with E-state index in [0.29, 0.717) is 17.1 Å². The molecule has 4 unspecified atom stereocenters. The fourth-order valence-corrected chi connectivity index (χ4v) is 5.71. The number of aromatic nitrogens is 6. The molecule has 1 saturated heterocycles. The van der Waals surface area contributed by atoms with Gasteiger partial charge in [0.2, 0.25) is 0 Å². The second-order valence-electron chi connectivity index (χ2n) is 11.7. The number of imidazole rings is 2. The topological polar surface area (TPSA) is 192 Å². The first kappa shape index (κ1) is 27.0. The van der Waals surface area contributed by atoms with Crippen molar-refractivity contribution in [2.45, 2.75) is 75.5 Å². The van der Waals surface area contributed by atoms with Gasteiger partial charge < -0.3 is 36.0 Å². The number of nitrogens with one attached hydrogen (secondary N) is 1. The van der Waals surface area contributed by atoms with Crippen LogP contribution in [-0.2, 0) is 16.6 Å². The number of aromatic amines is 1. The summed E-state index contributed by atoms with van der Waals surface area (Å²) in [6.45, 7) is 4.16. The van der Waals surface area contributed by atoms with Crippen LogP contribution in [0.5, 0.6) is 0 Å². The van der Waals surface area contributed by atoms with Crippen LogP contribution < -0.4 is 5.73 Å². The van der Waals surface area contributed by atoms with E-state index in [1.807, 2.05) is 26.0 Å². The van der Waals surface area contributed by atoms with Crippen molar-refractivity contribution in [3.05, 3.63) is 42.2 Å². The van der Waals surface area contributed by atoms with Gasteiger partial charge in [0.15, 0.2) is 17.7 Å². The molecule has 0 spiro atoms. The van der Waals surface area contributed by atoms with Gasteiger partial charge >= 0.3 is 0 Å². The summed E-state index contributed by atoms with van der Waals surface area (Å²) in [5.74, 6) is 1.60. The monoisotopic (exact) mass is 552 g/mol. The second-order valence-corrected chi connectivity index (χ2v) is 11.7. The summed E-state index contributed by atoms with van der Waals surface area (Å²) in [6.07, 6.45) is 2.02. The third-order valence-corrected chi connectivity index (χ3v) is 8.49. The molecule has 3 aromatic heterocycles. The lowest BCUT2D eigenvalue weighted by atomic mass is 9.77. The first-order valence-corrected chi connectivity index (χ1v) is 13.6. The quantitative estimate of drug-likeness (QED) is 0.164. The van der Waals surface area contributed by atoms with Gasteiger partial charge in [0, 0.05) is 17.9 Å². The van der Waals surface area contributed by atoms with Crippen molar-refractivity contribution >= 4 is 28.0 Å². The Hall–Kier alpha value is -3.20. The van der Waals surface area contributed by atoms with Crippen molar-refractivity contribution in [1.82, 2.24) is 34.6 Å². The summed E-state index contributed by atoms with van der Waals surface area (Å²) >= 11 is 0. The maximum absolute atomic E-state index is 10.7. The van der Waals surface area contributed by atoms with Crippen molar-refractivity contribution in [2.75, 3.05) is 18.9 Å². The van der Waals surface area contributed by atoms with Gasteiger partial charge in [-0.2, -0.15) is 5.06 Å². The number of hydrogen-bond donors (Lipinski definition) is 6. The molecule has 40 heavy (non-hydrogen) atoms. The molecule has 0 amide bonds. The number of aliphatic hydroxyl groups is 3. The Morgan fingerprint density at radius 3 is 2.75 bits per heavy atom. The number of aliphatic hydroxyl groups excluding tert-OH is 3. The number of ether oxygens (including phenoxy) is 1. The molecular weight excluding hydrogens is 516 g/mol. The minimum absolute atomic E-state index is 0.0439. The minimum Gasteiger partial charge on any atom is -0.395 e. The third-order valence-electron chi connectivity index (χ3n) is 8.49. The summed E-state index contributed by atoms with van der Waals surface area (Å²) in [7, 11) is 0. The molecule has 2 aliphatic rings. The highest BCUT2D eigenvalue weighted by molar-refractivity contribution is 5.81. The number of hydroxylamine groups is 2. The van der Waals surface area contributed by atoms with Crippen molar-refractivity contribution in [3.8, 4) is 0 Å². The number of H-pyrrole nitrogens is 1. The van der Waals surface area contributed by atoms with Gasteiger partial charge in [-0.1, -0.05) is 19.9 Å². The Labute approximate surface area is 230 Å². The van der Waals surface area contributed by atoms with Crippen molar-refractivity contribution in [2.24, 2.45) is 5.92 Å². The Balaban J connectivity index is 1.01. The molecule has 4 heterocycles. The predicted molar refractivity (Wildman–Crippen MR) is 145 cm³/mol. The highest BCUT2D eigenvalue weighted by Gasteiger charge is 2.46. The molecule has 0 bridgehead atoms. The Bertz CT molecular complexity index is 1500. The molecule has 13 nitrogen and oxygen atoms in total. The first-order chi connectivity index (χ1) is 19.1. The van der Waals surface area contributed by atoms with E-state index in [1.54, 1.807) is 0 Å². The summed E-state index contributed by atoms with van der Waals surface area (Å²) in [4.78, 5) is 20.4. The van der Waals surface area contributed by atoms with Crippen LogP contribution in [0, 0.1) is 5.92 Å². The molecule has 214 valence electrons. The van der Waals surface area contributed by atoms with Gasteiger partial charge in [0.05, 0.1) is 30.5 Å². The van der Waals surface area contributed by atoms with Gasteiger partial charge in [-0.25, -0.2) is 19.9 Å². The molecule has 6 rings (SSSR count). The minimum atomic E-state index is -1.23. The van der Waals surface area contributed by atoms with Gasteiger partial charge in [0.1, 0.15) is 36.0 Å². The predicted octanol–water partition coefficient (Wildman–Crippen LogP) is 1.28. The normalized spacial score (nSPS) is 27.2. The van der Waals surface area contributed by atoms with Crippen LogP contribution >= 0.6 is 0 Å². The highest BCUT2D eigenvalue weighted by atomic mass is 16.6. The maximum atomic E-state index is 10.7. The molecule has 13 heteroatoms. The number of nitrogen functional groups attached to an aromatic ring is 1. The molecule has 1 aliphatic heterocycles. The molecule has 1 saturated carbocycles. The van der Waals surface area contributed by atoms with Gasteiger partial charge in [-0.05, 0) is 42.9 Å². The van der Waals surface area contributed by atoms with E-state index in [2.05, 4.69) is 26.0 Å². The molecule has 4 aromatic rings. The fourth-order valence-electron chi connectivity index (χ4n) is 5.71. The maximum Gasteiger partial charge on any atom is 0.167 e. The molecule has 0 radical (unpaired) electrons. The van der Waals surface area contributed by atoms with Crippen LogP contribution in [-0.4, -0.2) is 92.6 Å². The highest BCUT2D eigenvalue weighted by Crippen LogP contribution is 2.37. The average molecular weight is 553 g/mol. The zero-order valence-electron chi connectivity index (χ0n) is 22.6. The standard InChI is InChI=1S/C27H36N8O5/c1-27(2,11-36)15-4-5-17-18(9-15)33-20(32-17)6-3-14-7-16(8-14)35(39)10-19-22(37)23(38)26(40-19)34-13-31-21-24(28)29-12-30-25(21)34/h4-5,9,12-14,16,19,22-23,26,36-39H,3,6-8,10-11H2,1-2H3,(H,32,33)(H2,28,29,30). The van der Waals surface area contributed by atoms with Gasteiger partial charge in [-0.3, -0.25) is 4.57 Å². The zero-order valence-corrected chi connectivity index (χ0v) is 22.6. The number of benzene rings is 1. The van der Waals surface area contributed by atoms with Crippen LogP contribution in [0.15, 0.2) is 30.9 Å². The van der Waals surface area contributed by atoms with E-state index in [9.17, 15) is 20.5 Å². The number of fused-ring (bicyclic) bond motifs is 2. The molecule has 2 fully saturated rings. The van der Waals surface area contributed by atoms with Crippen molar-refractivity contribution in [1.29, 1.82) is 0 Å². The van der Waals surface area contributed by atoms with Gasteiger partial charge in [-0.15, -0.1) is 0 Å². The van der Waals surface area contributed by atoms with Crippen LogP contribution in [0.2, 0.25) is 0 Å². The van der Waals surface area contributed by atoms with Crippen LogP contribution in [0.4, 0.5) is 5.82 Å². The van der Waals surface area contributed by atoms with Crippen LogP contribution in [0.1, 0.15) is 50.7 Å². The Morgan fingerprint density at radius 2 is 1.98 bits per heavy atom. The van der Waals surface area contributed by atoms with E-state index < -0.39 is 24.5 Å². The van der Waals surface area contributed by atoms with Crippen LogP contribution in [0.25, 0.3) is 22.2 Å². The molecule has 7 N–H and O–H groups in total. The largest absolute Gasteiger partial charge is 0.395 e. The van der Waals surface area contributed by atoms with E-state index in [4.69, 9.17) is 15.5 Å². The number of rotatable bonds is 9. The summed E-state index contributed by atoms with van der Waals surface area (Å²) in [5, 5.41) is 42.9. The average Bonchev–Trinajstić information content (AvgIpc) is 3.60. The van der Waals surface area contributed by atoms with E-state index in [1.165, 1.54) is 22.3 Å². The Kier molecular flexibility index (Phi) is 6.97. The summed E-state index contributed by atoms with van der Waals surface area (Å²) < 4.78 is 7.48. The van der Waals surface area contributed by atoms with Crippen molar-refractivity contribution in [3.63, 3.8) is 0 Å². The van der Waals surface area contributed by atoms with Gasteiger partial charge in [0.25, 0.3) is 0 Å². The molecule has 4 atom stereocenters. The zero-order chi connectivity index (χ0) is 28.2. The smallest absolute Gasteiger partial charge is 0.167 e.